The molecular formula is C19H24N2O2S. The van der Waals surface area contributed by atoms with Gasteiger partial charge in [-0.1, -0.05) is 38.1 Å². The summed E-state index contributed by atoms with van der Waals surface area (Å²) in [6.45, 7) is 6.37. The van der Waals surface area contributed by atoms with Gasteiger partial charge < -0.3 is 10.5 Å². The maximum atomic E-state index is 12.1. The topological polar surface area (TPSA) is 56.0 Å². The molecule has 1 atom stereocenters. The molecule has 0 fully saturated rings. The van der Waals surface area contributed by atoms with E-state index in [1.807, 2.05) is 6.92 Å². The van der Waals surface area contributed by atoms with Gasteiger partial charge in [0.1, 0.15) is 0 Å². The Hall–Kier alpha value is -2.01. The van der Waals surface area contributed by atoms with Crippen LogP contribution in [0.5, 0.6) is 0 Å². The zero-order valence-corrected chi connectivity index (χ0v) is 15.2. The first-order valence-corrected chi connectivity index (χ1v) is 9.13. The quantitative estimate of drug-likeness (QED) is 0.475. The number of nitrogens with zero attached hydrogens (tertiary/aromatic N) is 1. The van der Waals surface area contributed by atoms with Crippen LogP contribution in [0, 0.1) is 11.1 Å². The van der Waals surface area contributed by atoms with E-state index >= 15 is 0 Å². The fraction of sp³-hybridized carbons (Fsp3) is 0.368. The number of amides is 1. The molecule has 0 saturated heterocycles. The van der Waals surface area contributed by atoms with E-state index in [4.69, 9.17) is 0 Å². The second-order valence-electron chi connectivity index (χ2n) is 6.28. The zero-order valence-electron chi connectivity index (χ0n) is 14.4. The monoisotopic (exact) mass is 344 g/mol. The Morgan fingerprint density at radius 3 is 2.50 bits per heavy atom. The molecule has 1 heterocycles. The second kappa shape index (κ2) is 8.73. The van der Waals surface area contributed by atoms with E-state index in [2.05, 4.69) is 43.4 Å². The lowest BCUT2D eigenvalue weighted by Gasteiger charge is -2.15. The maximum Gasteiger partial charge on any atom is 0.251 e. The van der Waals surface area contributed by atoms with Gasteiger partial charge in [-0.05, 0) is 48.2 Å². The standard InChI is InChI=1S/C19H24N2O2S/c1-14(2)12-16-7-9-17(10-8-16)15(3)20-18(22)13-24-19-6-4-5-11-21(19)23/h4-11,14-15H,12-13H2,1-3H3,(H,20,22)/t15-/m1/s1. The van der Waals surface area contributed by atoms with Gasteiger partial charge in [-0.15, -0.1) is 0 Å². The van der Waals surface area contributed by atoms with Crippen molar-refractivity contribution >= 4 is 17.7 Å². The summed E-state index contributed by atoms with van der Waals surface area (Å²) >= 11 is 1.24. The van der Waals surface area contributed by atoms with Crippen LogP contribution in [0.25, 0.3) is 0 Å². The molecule has 1 N–H and O–H groups in total. The van der Waals surface area contributed by atoms with Crippen molar-refractivity contribution < 1.29 is 9.52 Å². The van der Waals surface area contributed by atoms with E-state index in [9.17, 15) is 10.0 Å². The van der Waals surface area contributed by atoms with Gasteiger partial charge in [-0.2, -0.15) is 4.73 Å². The Balaban J connectivity index is 1.86. The largest absolute Gasteiger partial charge is 0.618 e. The van der Waals surface area contributed by atoms with Gasteiger partial charge >= 0.3 is 0 Å². The average molecular weight is 344 g/mol. The number of benzene rings is 1. The molecule has 0 spiro atoms. The normalized spacial score (nSPS) is 12.2. The molecule has 5 heteroatoms. The molecule has 1 amide bonds. The summed E-state index contributed by atoms with van der Waals surface area (Å²) < 4.78 is 0.773. The smallest absolute Gasteiger partial charge is 0.251 e. The third kappa shape index (κ3) is 5.57. The van der Waals surface area contributed by atoms with Gasteiger partial charge in [0.25, 0.3) is 5.03 Å². The van der Waals surface area contributed by atoms with Crippen molar-refractivity contribution in [3.63, 3.8) is 0 Å². The molecule has 0 bridgehead atoms. The molecule has 0 aliphatic rings. The van der Waals surface area contributed by atoms with Crippen LogP contribution < -0.4 is 10.0 Å². The molecule has 1 aromatic heterocycles. The van der Waals surface area contributed by atoms with Crippen LogP contribution >= 0.6 is 11.8 Å². The number of nitrogens with one attached hydrogen (secondary N) is 1. The first-order chi connectivity index (χ1) is 11.5. The summed E-state index contributed by atoms with van der Waals surface area (Å²) in [6.07, 6.45) is 2.49. The maximum absolute atomic E-state index is 12.1. The third-order valence-electron chi connectivity index (χ3n) is 3.64. The Bertz CT molecular complexity index is 671. The van der Waals surface area contributed by atoms with E-state index < -0.39 is 0 Å². The van der Waals surface area contributed by atoms with Gasteiger partial charge in [0.15, 0.2) is 6.20 Å². The molecule has 0 saturated carbocycles. The lowest BCUT2D eigenvalue weighted by molar-refractivity contribution is -0.645. The fourth-order valence-electron chi connectivity index (χ4n) is 2.44. The zero-order chi connectivity index (χ0) is 17.5. The summed E-state index contributed by atoms with van der Waals surface area (Å²) in [4.78, 5) is 12.1. The average Bonchev–Trinajstić information content (AvgIpc) is 2.54. The van der Waals surface area contributed by atoms with E-state index in [0.29, 0.717) is 10.9 Å². The molecule has 24 heavy (non-hydrogen) atoms. The summed E-state index contributed by atoms with van der Waals surface area (Å²) in [7, 11) is 0. The van der Waals surface area contributed by atoms with E-state index in [-0.39, 0.29) is 17.7 Å². The van der Waals surface area contributed by atoms with Gasteiger partial charge in [0, 0.05) is 12.1 Å². The molecule has 0 aliphatic heterocycles. The number of pyridine rings is 1. The van der Waals surface area contributed by atoms with Gasteiger partial charge in [-0.3, -0.25) is 4.79 Å². The molecular weight excluding hydrogens is 320 g/mol. The third-order valence-corrected chi connectivity index (χ3v) is 4.66. The van der Waals surface area contributed by atoms with Gasteiger partial charge in [-0.25, -0.2) is 0 Å². The molecule has 128 valence electrons. The van der Waals surface area contributed by atoms with Crippen molar-refractivity contribution in [3.05, 3.63) is 65.0 Å². The number of hydrogen-bond acceptors (Lipinski definition) is 3. The number of carbonyl (C=O) groups is 1. The van der Waals surface area contributed by atoms with Crippen molar-refractivity contribution in [2.24, 2.45) is 5.92 Å². The Labute approximate surface area is 147 Å². The molecule has 2 aromatic rings. The molecule has 0 radical (unpaired) electrons. The fourth-order valence-corrected chi connectivity index (χ4v) is 3.17. The van der Waals surface area contributed by atoms with Crippen molar-refractivity contribution in [1.82, 2.24) is 5.32 Å². The highest BCUT2D eigenvalue weighted by Crippen LogP contribution is 2.17. The van der Waals surface area contributed by atoms with Crippen LogP contribution in [0.4, 0.5) is 0 Å². The van der Waals surface area contributed by atoms with E-state index in [1.165, 1.54) is 23.5 Å². The molecule has 0 aliphatic carbocycles. The van der Waals surface area contributed by atoms with Crippen LogP contribution in [0.15, 0.2) is 53.7 Å². The SMILES string of the molecule is CC(C)Cc1ccc([C@@H](C)NC(=O)CSc2cccc[n+]2[O-])cc1. The highest BCUT2D eigenvalue weighted by Gasteiger charge is 2.12. The van der Waals surface area contributed by atoms with Crippen LogP contribution in [0.2, 0.25) is 0 Å². The molecule has 2 rings (SSSR count). The first kappa shape index (κ1) is 18.3. The minimum Gasteiger partial charge on any atom is -0.618 e. The van der Waals surface area contributed by atoms with Crippen LogP contribution in [0.3, 0.4) is 0 Å². The van der Waals surface area contributed by atoms with Crippen LogP contribution in [0.1, 0.15) is 37.9 Å². The Morgan fingerprint density at radius 2 is 1.88 bits per heavy atom. The number of thioether (sulfide) groups is 1. The lowest BCUT2D eigenvalue weighted by Crippen LogP contribution is -2.31. The van der Waals surface area contributed by atoms with Gasteiger partial charge in [0.05, 0.1) is 11.8 Å². The van der Waals surface area contributed by atoms with Gasteiger partial charge in [0.2, 0.25) is 5.91 Å². The number of aromatic nitrogens is 1. The van der Waals surface area contributed by atoms with Crippen LogP contribution in [-0.4, -0.2) is 11.7 Å². The summed E-state index contributed by atoms with van der Waals surface area (Å²) in [5, 5.41) is 15.0. The predicted octanol–water partition coefficient (Wildman–Crippen LogP) is 3.49. The molecule has 4 nitrogen and oxygen atoms in total. The second-order valence-corrected chi connectivity index (χ2v) is 7.28. The van der Waals surface area contributed by atoms with E-state index in [1.54, 1.807) is 18.2 Å². The van der Waals surface area contributed by atoms with Crippen molar-refractivity contribution in [2.45, 2.75) is 38.3 Å². The van der Waals surface area contributed by atoms with Crippen molar-refractivity contribution in [3.8, 4) is 0 Å². The minimum atomic E-state index is -0.0809. The summed E-state index contributed by atoms with van der Waals surface area (Å²) in [6, 6.07) is 13.5. The molecule has 1 aromatic carbocycles. The van der Waals surface area contributed by atoms with Crippen molar-refractivity contribution in [1.29, 1.82) is 0 Å². The molecule has 0 unspecified atom stereocenters. The minimum absolute atomic E-state index is 0.0543. The highest BCUT2D eigenvalue weighted by molar-refractivity contribution is 7.99. The highest BCUT2D eigenvalue weighted by atomic mass is 32.2. The van der Waals surface area contributed by atoms with Crippen LogP contribution in [-0.2, 0) is 11.2 Å². The predicted molar refractivity (Wildman–Crippen MR) is 97.7 cm³/mol. The Morgan fingerprint density at radius 1 is 1.17 bits per heavy atom. The summed E-state index contributed by atoms with van der Waals surface area (Å²) in [5.41, 5.74) is 2.39. The Kier molecular flexibility index (Phi) is 6.67. The number of carbonyl (C=O) groups excluding carboxylic acids is 1. The van der Waals surface area contributed by atoms with Crippen molar-refractivity contribution in [2.75, 3.05) is 5.75 Å². The number of rotatable bonds is 7. The van der Waals surface area contributed by atoms with E-state index in [0.717, 1.165) is 16.7 Å². The lowest BCUT2D eigenvalue weighted by atomic mass is 10.00. The first-order valence-electron chi connectivity index (χ1n) is 8.15. The number of hydrogen-bond donors (Lipinski definition) is 1. The summed E-state index contributed by atoms with van der Waals surface area (Å²) in [5.74, 6) is 0.775.